The van der Waals surface area contributed by atoms with Crippen LogP contribution in [0.5, 0.6) is 0 Å². The number of nitro benzene ring substituents is 1. The van der Waals surface area contributed by atoms with Gasteiger partial charge in [0.25, 0.3) is 17.5 Å². The minimum absolute atomic E-state index is 0.0375. The Balaban J connectivity index is 1.78. The molecule has 1 aliphatic rings. The van der Waals surface area contributed by atoms with Gasteiger partial charge in [0.15, 0.2) is 0 Å². The molecule has 8 heteroatoms. The fourth-order valence-electron chi connectivity index (χ4n) is 3.58. The molecule has 33 heavy (non-hydrogen) atoms. The third-order valence-corrected chi connectivity index (χ3v) is 5.38. The van der Waals surface area contributed by atoms with Gasteiger partial charge >= 0.3 is 0 Å². The number of carbonyl (C=O) groups excluding carboxylic acids is 2. The van der Waals surface area contributed by atoms with E-state index in [0.717, 1.165) is 22.6 Å². The van der Waals surface area contributed by atoms with E-state index in [-0.39, 0.29) is 22.6 Å². The molecular weight excluding hydrogens is 425 g/mol. The summed E-state index contributed by atoms with van der Waals surface area (Å²) in [4.78, 5) is 38.1. The maximum atomic E-state index is 13.4. The van der Waals surface area contributed by atoms with Crippen molar-refractivity contribution in [3.63, 3.8) is 0 Å². The summed E-state index contributed by atoms with van der Waals surface area (Å²) >= 11 is 0. The number of hydrogen-bond acceptors (Lipinski definition) is 5. The van der Waals surface area contributed by atoms with Gasteiger partial charge in [0, 0.05) is 17.8 Å². The Morgan fingerprint density at radius 2 is 1.48 bits per heavy atom. The van der Waals surface area contributed by atoms with Gasteiger partial charge < -0.3 is 5.32 Å². The lowest BCUT2D eigenvalue weighted by Gasteiger charge is -2.15. The lowest BCUT2D eigenvalue weighted by atomic mass is 10.0. The first kappa shape index (κ1) is 21.9. The van der Waals surface area contributed by atoms with Crippen molar-refractivity contribution < 1.29 is 18.9 Å². The predicted octanol–water partition coefficient (Wildman–Crippen LogP) is 5.25. The number of nitrogens with zero attached hydrogens (tertiary/aromatic N) is 2. The number of non-ortho nitro benzene ring substituents is 1. The number of benzene rings is 3. The third-order valence-electron chi connectivity index (χ3n) is 5.38. The van der Waals surface area contributed by atoms with Crippen molar-refractivity contribution in [2.75, 3.05) is 10.2 Å². The molecule has 3 aromatic rings. The molecule has 2 amide bonds. The number of halogens is 1. The maximum absolute atomic E-state index is 13.4. The Kier molecular flexibility index (Phi) is 5.74. The Morgan fingerprint density at radius 1 is 0.879 bits per heavy atom. The minimum atomic E-state index is -0.609. The monoisotopic (exact) mass is 445 g/mol. The van der Waals surface area contributed by atoms with Crippen LogP contribution in [0.15, 0.2) is 78.5 Å². The molecular formula is C25H20FN3O4. The van der Waals surface area contributed by atoms with Crippen molar-refractivity contribution in [1.29, 1.82) is 0 Å². The molecule has 1 heterocycles. The number of nitrogens with one attached hydrogen (secondary N) is 1. The molecule has 1 aliphatic heterocycles. The maximum Gasteiger partial charge on any atom is 0.282 e. The van der Waals surface area contributed by atoms with Crippen molar-refractivity contribution >= 4 is 34.4 Å². The van der Waals surface area contributed by atoms with Crippen LogP contribution in [0.4, 0.5) is 21.5 Å². The van der Waals surface area contributed by atoms with Gasteiger partial charge in [0.2, 0.25) is 0 Å². The second-order valence-electron chi connectivity index (χ2n) is 7.88. The molecule has 0 aliphatic carbocycles. The molecule has 0 saturated carbocycles. The summed E-state index contributed by atoms with van der Waals surface area (Å²) in [7, 11) is 0. The van der Waals surface area contributed by atoms with Crippen LogP contribution in [0.1, 0.15) is 30.9 Å². The van der Waals surface area contributed by atoms with Gasteiger partial charge in [-0.1, -0.05) is 26.0 Å². The first-order valence-corrected chi connectivity index (χ1v) is 10.3. The molecule has 0 fully saturated rings. The second kappa shape index (κ2) is 8.66. The van der Waals surface area contributed by atoms with E-state index in [1.54, 1.807) is 0 Å². The van der Waals surface area contributed by atoms with Crippen LogP contribution in [0.25, 0.3) is 5.57 Å². The lowest BCUT2D eigenvalue weighted by molar-refractivity contribution is -0.384. The van der Waals surface area contributed by atoms with Crippen LogP contribution in [0, 0.1) is 15.9 Å². The zero-order valence-corrected chi connectivity index (χ0v) is 17.9. The van der Waals surface area contributed by atoms with E-state index in [0.29, 0.717) is 17.2 Å². The Bertz CT molecular complexity index is 1260. The predicted molar refractivity (Wildman–Crippen MR) is 123 cm³/mol. The topological polar surface area (TPSA) is 92.6 Å². The number of imide groups is 1. The Labute approximate surface area is 189 Å². The first-order valence-electron chi connectivity index (χ1n) is 10.3. The normalized spacial score (nSPS) is 13.8. The molecule has 166 valence electrons. The van der Waals surface area contributed by atoms with Crippen molar-refractivity contribution in [1.82, 2.24) is 0 Å². The quantitative estimate of drug-likeness (QED) is 0.318. The SMILES string of the molecule is CC(C)c1ccc(NC2=C(c3ccc([N+](=O)[O-])cc3)C(=O)N(c3ccc(F)cc3)C2=O)cc1. The van der Waals surface area contributed by atoms with Gasteiger partial charge in [-0.2, -0.15) is 0 Å². The fraction of sp³-hybridized carbons (Fsp3) is 0.120. The Hall–Kier alpha value is -4.33. The van der Waals surface area contributed by atoms with Gasteiger partial charge in [-0.05, 0) is 65.6 Å². The van der Waals surface area contributed by atoms with Crippen molar-refractivity contribution in [2.45, 2.75) is 19.8 Å². The van der Waals surface area contributed by atoms with Crippen LogP contribution in [0.2, 0.25) is 0 Å². The number of rotatable bonds is 6. The number of amides is 2. The van der Waals surface area contributed by atoms with E-state index in [2.05, 4.69) is 19.2 Å². The van der Waals surface area contributed by atoms with Gasteiger partial charge in [-0.15, -0.1) is 0 Å². The molecule has 0 bridgehead atoms. The van der Waals surface area contributed by atoms with Crippen LogP contribution in [-0.2, 0) is 9.59 Å². The van der Waals surface area contributed by atoms with Crippen molar-refractivity contribution in [2.24, 2.45) is 0 Å². The average Bonchev–Trinajstić information content (AvgIpc) is 3.04. The van der Waals surface area contributed by atoms with E-state index in [9.17, 15) is 24.1 Å². The fourth-order valence-corrected chi connectivity index (χ4v) is 3.58. The highest BCUT2D eigenvalue weighted by Gasteiger charge is 2.40. The summed E-state index contributed by atoms with van der Waals surface area (Å²) in [5.41, 5.74) is 2.28. The van der Waals surface area contributed by atoms with Gasteiger partial charge in [-0.25, -0.2) is 9.29 Å². The molecule has 0 radical (unpaired) electrons. The number of anilines is 2. The second-order valence-corrected chi connectivity index (χ2v) is 7.88. The standard InChI is InChI=1S/C25H20FN3O4/c1-15(2)16-3-9-19(10-4-16)27-23-22(17-5-11-21(12-6-17)29(32)33)24(30)28(25(23)31)20-13-7-18(26)8-14-20/h3-15,27H,1-2H3. The van der Waals surface area contributed by atoms with Crippen LogP contribution in [-0.4, -0.2) is 16.7 Å². The molecule has 0 unspecified atom stereocenters. The van der Waals surface area contributed by atoms with Crippen LogP contribution >= 0.6 is 0 Å². The third kappa shape index (κ3) is 4.23. The summed E-state index contributed by atoms with van der Waals surface area (Å²) in [6.45, 7) is 4.13. The van der Waals surface area contributed by atoms with Gasteiger partial charge in [-0.3, -0.25) is 19.7 Å². The zero-order chi connectivity index (χ0) is 23.7. The molecule has 0 aromatic heterocycles. The van der Waals surface area contributed by atoms with Crippen LogP contribution < -0.4 is 10.2 Å². The van der Waals surface area contributed by atoms with E-state index >= 15 is 0 Å². The van der Waals surface area contributed by atoms with Gasteiger partial charge in [0.1, 0.15) is 11.5 Å². The molecule has 0 atom stereocenters. The van der Waals surface area contributed by atoms with E-state index in [1.807, 2.05) is 24.3 Å². The molecule has 7 nitrogen and oxygen atoms in total. The smallest absolute Gasteiger partial charge is 0.282 e. The average molecular weight is 445 g/mol. The molecule has 4 rings (SSSR count). The summed E-state index contributed by atoms with van der Waals surface area (Å²) in [5, 5.41) is 14.1. The highest BCUT2D eigenvalue weighted by molar-refractivity contribution is 6.46. The summed E-state index contributed by atoms with van der Waals surface area (Å²) in [5.74, 6) is -1.38. The largest absolute Gasteiger partial charge is 0.350 e. The summed E-state index contributed by atoms with van der Waals surface area (Å²) in [6.07, 6.45) is 0. The van der Waals surface area contributed by atoms with Gasteiger partial charge in [0.05, 0.1) is 16.2 Å². The van der Waals surface area contributed by atoms with E-state index in [1.165, 1.54) is 36.4 Å². The highest BCUT2D eigenvalue weighted by atomic mass is 19.1. The summed E-state index contributed by atoms with van der Waals surface area (Å²) in [6, 6.07) is 17.9. The van der Waals surface area contributed by atoms with E-state index < -0.39 is 22.6 Å². The molecule has 0 saturated heterocycles. The van der Waals surface area contributed by atoms with Crippen molar-refractivity contribution in [3.8, 4) is 0 Å². The molecule has 0 spiro atoms. The Morgan fingerprint density at radius 3 is 2.03 bits per heavy atom. The summed E-state index contributed by atoms with van der Waals surface area (Å²) < 4.78 is 13.4. The minimum Gasteiger partial charge on any atom is -0.350 e. The lowest BCUT2D eigenvalue weighted by Crippen LogP contribution is -2.32. The number of hydrogen-bond donors (Lipinski definition) is 1. The molecule has 1 N–H and O–H groups in total. The molecule has 3 aromatic carbocycles. The first-order chi connectivity index (χ1) is 15.8. The van der Waals surface area contributed by atoms with Crippen molar-refractivity contribution in [3.05, 3.63) is 106 Å². The number of nitro groups is 1. The van der Waals surface area contributed by atoms with E-state index in [4.69, 9.17) is 0 Å². The zero-order valence-electron chi connectivity index (χ0n) is 17.9. The highest BCUT2D eigenvalue weighted by Crippen LogP contribution is 2.34. The number of carbonyl (C=O) groups is 2. The van der Waals surface area contributed by atoms with Crippen LogP contribution in [0.3, 0.4) is 0 Å².